The van der Waals surface area contributed by atoms with Crippen LogP contribution in [0.1, 0.15) is 6.92 Å². The van der Waals surface area contributed by atoms with E-state index in [2.05, 4.69) is 25.0 Å². The van der Waals surface area contributed by atoms with Crippen molar-refractivity contribution in [2.45, 2.75) is 18.6 Å². The van der Waals surface area contributed by atoms with Gasteiger partial charge >= 0.3 is 6.61 Å². The lowest BCUT2D eigenvalue weighted by atomic mass is 10.1. The van der Waals surface area contributed by atoms with Crippen molar-refractivity contribution in [3.05, 3.63) is 30.6 Å². The number of H-pyrrole nitrogens is 1. The second kappa shape index (κ2) is 7.06. The zero-order valence-electron chi connectivity index (χ0n) is 13.3. The summed E-state index contributed by atoms with van der Waals surface area (Å²) in [6.07, 6.45) is 5.09. The Bertz CT molecular complexity index is 930. The fraction of sp³-hybridized carbons (Fsp3) is 0.188. The van der Waals surface area contributed by atoms with E-state index in [0.717, 1.165) is 10.9 Å². The van der Waals surface area contributed by atoms with Gasteiger partial charge in [0.1, 0.15) is 16.6 Å². The van der Waals surface area contributed by atoms with E-state index in [9.17, 15) is 13.6 Å². The average molecular weight is 364 g/mol. The third-order valence-corrected chi connectivity index (χ3v) is 3.98. The standard InChI is InChI=1S/C16H14F2N4O2S/c1-8(23)21-14-5-10-11(6-19-13(10)7-20-14)12-3-9(24-16(17)18)4-15(22-12)25-2/h3-7,16,19H,1-2H3,(H,20,21,23). The van der Waals surface area contributed by atoms with Gasteiger partial charge < -0.3 is 15.0 Å². The van der Waals surface area contributed by atoms with Crippen molar-refractivity contribution in [2.75, 3.05) is 11.6 Å². The van der Waals surface area contributed by atoms with Gasteiger partial charge in [-0.2, -0.15) is 8.78 Å². The first-order chi connectivity index (χ1) is 12.0. The van der Waals surface area contributed by atoms with E-state index >= 15 is 0 Å². The molecule has 0 aliphatic rings. The molecule has 9 heteroatoms. The molecule has 0 unspecified atom stereocenters. The van der Waals surface area contributed by atoms with Gasteiger partial charge in [-0.05, 0) is 12.3 Å². The molecular formula is C16H14F2N4O2S. The number of hydrogen-bond acceptors (Lipinski definition) is 5. The number of pyridine rings is 2. The number of anilines is 1. The van der Waals surface area contributed by atoms with E-state index in [1.807, 2.05) is 0 Å². The van der Waals surface area contributed by atoms with E-state index in [1.54, 1.807) is 24.7 Å². The number of amides is 1. The van der Waals surface area contributed by atoms with E-state index in [4.69, 9.17) is 0 Å². The fourth-order valence-electron chi connectivity index (χ4n) is 2.38. The molecule has 1 amide bonds. The lowest BCUT2D eigenvalue weighted by molar-refractivity contribution is -0.114. The summed E-state index contributed by atoms with van der Waals surface area (Å²) in [5.41, 5.74) is 1.91. The predicted molar refractivity (Wildman–Crippen MR) is 92.0 cm³/mol. The van der Waals surface area contributed by atoms with Gasteiger partial charge in [0, 0.05) is 36.2 Å². The summed E-state index contributed by atoms with van der Waals surface area (Å²) in [6, 6.07) is 4.61. The minimum atomic E-state index is -2.91. The average Bonchev–Trinajstić information content (AvgIpc) is 2.96. The normalized spacial score (nSPS) is 11.1. The molecule has 0 aliphatic heterocycles. The van der Waals surface area contributed by atoms with Crippen LogP contribution in [-0.4, -0.2) is 33.7 Å². The predicted octanol–water partition coefficient (Wildman–Crippen LogP) is 3.91. The molecule has 0 fully saturated rings. The lowest BCUT2D eigenvalue weighted by Gasteiger charge is -2.09. The summed E-state index contributed by atoms with van der Waals surface area (Å²) in [7, 11) is 0. The van der Waals surface area contributed by atoms with Gasteiger partial charge in [-0.3, -0.25) is 4.79 Å². The Kier molecular flexibility index (Phi) is 4.84. The molecule has 2 N–H and O–H groups in total. The van der Waals surface area contributed by atoms with Gasteiger partial charge in [0.15, 0.2) is 0 Å². The minimum absolute atomic E-state index is 0.0369. The Labute approximate surface area is 146 Å². The summed E-state index contributed by atoms with van der Waals surface area (Å²) in [5, 5.41) is 3.92. The Morgan fingerprint density at radius 1 is 1.36 bits per heavy atom. The lowest BCUT2D eigenvalue weighted by Crippen LogP contribution is -2.06. The van der Waals surface area contributed by atoms with Crippen LogP contribution in [0.5, 0.6) is 5.75 Å². The molecule has 0 saturated heterocycles. The van der Waals surface area contributed by atoms with Crippen molar-refractivity contribution in [1.29, 1.82) is 0 Å². The molecule has 130 valence electrons. The zero-order chi connectivity index (χ0) is 18.0. The van der Waals surface area contributed by atoms with Gasteiger partial charge in [-0.1, -0.05) is 0 Å². The highest BCUT2D eigenvalue weighted by Gasteiger charge is 2.14. The molecule has 3 rings (SSSR count). The second-order valence-corrected chi connectivity index (χ2v) is 5.93. The van der Waals surface area contributed by atoms with Crippen molar-refractivity contribution in [3.63, 3.8) is 0 Å². The Morgan fingerprint density at radius 2 is 2.16 bits per heavy atom. The van der Waals surface area contributed by atoms with Crippen molar-refractivity contribution in [1.82, 2.24) is 15.0 Å². The number of ether oxygens (including phenoxy) is 1. The number of carbonyl (C=O) groups excluding carboxylic acids is 1. The zero-order valence-corrected chi connectivity index (χ0v) is 14.2. The van der Waals surface area contributed by atoms with Crippen LogP contribution in [0.2, 0.25) is 0 Å². The molecular weight excluding hydrogens is 350 g/mol. The first kappa shape index (κ1) is 17.2. The highest BCUT2D eigenvalue weighted by atomic mass is 32.2. The number of rotatable bonds is 5. The quantitative estimate of drug-likeness (QED) is 0.671. The number of halogens is 2. The first-order valence-corrected chi connectivity index (χ1v) is 8.44. The number of fused-ring (bicyclic) bond motifs is 1. The molecule has 3 aromatic heterocycles. The topological polar surface area (TPSA) is 79.9 Å². The third-order valence-electron chi connectivity index (χ3n) is 3.36. The molecule has 0 aliphatic carbocycles. The molecule has 3 aromatic rings. The van der Waals surface area contributed by atoms with Crippen LogP contribution in [-0.2, 0) is 4.79 Å². The van der Waals surface area contributed by atoms with Crippen molar-refractivity contribution < 1.29 is 18.3 Å². The van der Waals surface area contributed by atoms with Crippen molar-refractivity contribution in [2.24, 2.45) is 0 Å². The molecule has 0 radical (unpaired) electrons. The number of nitrogens with zero attached hydrogens (tertiary/aromatic N) is 2. The molecule has 25 heavy (non-hydrogen) atoms. The summed E-state index contributed by atoms with van der Waals surface area (Å²) in [4.78, 5) is 22.9. The molecule has 0 spiro atoms. The van der Waals surface area contributed by atoms with Crippen molar-refractivity contribution >= 4 is 34.4 Å². The van der Waals surface area contributed by atoms with E-state index < -0.39 is 6.61 Å². The number of alkyl halides is 2. The molecule has 3 heterocycles. The highest BCUT2D eigenvalue weighted by Crippen LogP contribution is 2.32. The molecule has 0 atom stereocenters. The number of hydrogen-bond donors (Lipinski definition) is 2. The number of thioether (sulfide) groups is 1. The van der Waals surface area contributed by atoms with Crippen LogP contribution in [0, 0.1) is 0 Å². The Morgan fingerprint density at radius 3 is 2.84 bits per heavy atom. The number of aromatic nitrogens is 3. The minimum Gasteiger partial charge on any atom is -0.435 e. The maximum absolute atomic E-state index is 12.6. The van der Waals surface area contributed by atoms with Crippen LogP contribution in [0.25, 0.3) is 22.2 Å². The first-order valence-electron chi connectivity index (χ1n) is 7.22. The third kappa shape index (κ3) is 3.87. The van der Waals surface area contributed by atoms with Crippen LogP contribution in [0.15, 0.2) is 35.6 Å². The molecule has 6 nitrogen and oxygen atoms in total. The smallest absolute Gasteiger partial charge is 0.387 e. The summed E-state index contributed by atoms with van der Waals surface area (Å²) < 4.78 is 29.6. The van der Waals surface area contributed by atoms with Gasteiger partial charge in [0.25, 0.3) is 0 Å². The summed E-state index contributed by atoms with van der Waals surface area (Å²) >= 11 is 1.32. The van der Waals surface area contributed by atoms with Crippen LogP contribution in [0.4, 0.5) is 14.6 Å². The van der Waals surface area contributed by atoms with Gasteiger partial charge in [-0.15, -0.1) is 11.8 Å². The number of nitrogens with one attached hydrogen (secondary N) is 2. The highest BCUT2D eigenvalue weighted by molar-refractivity contribution is 7.98. The molecule has 0 aromatic carbocycles. The van der Waals surface area contributed by atoms with Crippen LogP contribution < -0.4 is 10.1 Å². The Hall–Kier alpha value is -2.68. The second-order valence-electron chi connectivity index (χ2n) is 5.11. The molecule has 0 saturated carbocycles. The maximum Gasteiger partial charge on any atom is 0.387 e. The largest absolute Gasteiger partial charge is 0.435 e. The molecule has 0 bridgehead atoms. The van der Waals surface area contributed by atoms with Crippen molar-refractivity contribution in [3.8, 4) is 17.0 Å². The van der Waals surface area contributed by atoms with E-state index in [0.29, 0.717) is 22.1 Å². The van der Waals surface area contributed by atoms with E-state index in [-0.39, 0.29) is 11.7 Å². The monoisotopic (exact) mass is 364 g/mol. The summed E-state index contributed by atoms with van der Waals surface area (Å²) in [6.45, 7) is -1.52. The van der Waals surface area contributed by atoms with Crippen LogP contribution in [0.3, 0.4) is 0 Å². The number of aromatic amines is 1. The van der Waals surface area contributed by atoms with E-state index in [1.165, 1.54) is 30.8 Å². The Balaban J connectivity index is 2.10. The van der Waals surface area contributed by atoms with Crippen LogP contribution >= 0.6 is 11.8 Å². The summed E-state index contributed by atoms with van der Waals surface area (Å²) in [5.74, 6) is 0.194. The van der Waals surface area contributed by atoms with Gasteiger partial charge in [0.2, 0.25) is 5.91 Å². The SMILES string of the molecule is CSc1cc(OC(F)F)cc(-c2c[nH]c3cnc(NC(C)=O)cc23)n1. The maximum atomic E-state index is 12.6. The fourth-order valence-corrected chi connectivity index (χ4v) is 2.80. The van der Waals surface area contributed by atoms with Gasteiger partial charge in [-0.25, -0.2) is 9.97 Å². The van der Waals surface area contributed by atoms with Gasteiger partial charge in [0.05, 0.1) is 17.4 Å². The number of carbonyl (C=O) groups is 1.